The Morgan fingerprint density at radius 2 is 1.86 bits per heavy atom. The molecule has 2 aromatic rings. The van der Waals surface area contributed by atoms with Gasteiger partial charge < -0.3 is 9.84 Å². The zero-order chi connectivity index (χ0) is 21.0. The van der Waals surface area contributed by atoms with E-state index >= 15 is 0 Å². The summed E-state index contributed by atoms with van der Waals surface area (Å²) in [5.41, 5.74) is 2.81. The highest BCUT2D eigenvalue weighted by atomic mass is 32.2. The van der Waals surface area contributed by atoms with Gasteiger partial charge in [0.2, 0.25) is 0 Å². The number of thioether (sulfide) groups is 1. The van der Waals surface area contributed by atoms with Crippen LogP contribution < -0.4 is 9.64 Å². The molecule has 0 aliphatic carbocycles. The van der Waals surface area contributed by atoms with Crippen LogP contribution in [0.25, 0.3) is 6.08 Å². The third kappa shape index (κ3) is 5.05. The predicted molar refractivity (Wildman–Crippen MR) is 120 cm³/mol. The molecule has 0 bridgehead atoms. The van der Waals surface area contributed by atoms with Crippen molar-refractivity contribution >= 4 is 51.9 Å². The lowest BCUT2D eigenvalue weighted by atomic mass is 9.98. The molecule has 1 atom stereocenters. The molecule has 7 heteroatoms. The summed E-state index contributed by atoms with van der Waals surface area (Å²) < 4.78 is 5.62. The molecule has 1 amide bonds. The zero-order valence-electron chi connectivity index (χ0n) is 16.1. The second-order valence-corrected chi connectivity index (χ2v) is 8.35. The molecule has 150 valence electrons. The Morgan fingerprint density at radius 3 is 2.45 bits per heavy atom. The van der Waals surface area contributed by atoms with Gasteiger partial charge in [-0.1, -0.05) is 62.1 Å². The zero-order valence-corrected chi connectivity index (χ0v) is 17.8. The van der Waals surface area contributed by atoms with Crippen LogP contribution in [0.15, 0.2) is 53.4 Å². The molecule has 1 heterocycles. The first-order valence-electron chi connectivity index (χ1n) is 9.21. The van der Waals surface area contributed by atoms with Crippen molar-refractivity contribution in [1.82, 2.24) is 0 Å². The second-order valence-electron chi connectivity index (χ2n) is 6.67. The lowest BCUT2D eigenvalue weighted by molar-refractivity contribution is -0.139. The van der Waals surface area contributed by atoms with Gasteiger partial charge in [0.1, 0.15) is 5.75 Å². The first-order valence-corrected chi connectivity index (χ1v) is 10.4. The molecule has 29 heavy (non-hydrogen) atoms. The quantitative estimate of drug-likeness (QED) is 0.492. The maximum Gasteiger partial charge on any atom is 0.341 e. The van der Waals surface area contributed by atoms with E-state index in [0.717, 1.165) is 17.7 Å². The number of carboxylic acid groups (broad SMARTS) is 1. The Morgan fingerprint density at radius 1 is 1.21 bits per heavy atom. The van der Waals surface area contributed by atoms with E-state index in [9.17, 15) is 9.59 Å². The van der Waals surface area contributed by atoms with Crippen LogP contribution in [-0.4, -0.2) is 27.9 Å². The predicted octanol–water partition coefficient (Wildman–Crippen LogP) is 5.07. The van der Waals surface area contributed by atoms with Crippen molar-refractivity contribution < 1.29 is 19.4 Å². The first kappa shape index (κ1) is 21.1. The summed E-state index contributed by atoms with van der Waals surface area (Å²) in [5, 5.41) is 8.66. The molecule has 1 fully saturated rings. The van der Waals surface area contributed by atoms with E-state index in [1.54, 1.807) is 35.2 Å². The van der Waals surface area contributed by atoms with Gasteiger partial charge in [-0.2, -0.15) is 0 Å². The molecule has 3 rings (SSSR count). The third-order valence-electron chi connectivity index (χ3n) is 4.67. The van der Waals surface area contributed by atoms with Crippen LogP contribution in [0.2, 0.25) is 0 Å². The molecular weight excluding hydrogens is 406 g/mol. The SMILES string of the molecule is CCC(C)c1ccc(N2C(=O)/C(=C\c3ccc(OCC(=O)O)cc3)SC2=S)cc1. The summed E-state index contributed by atoms with van der Waals surface area (Å²) in [7, 11) is 0. The minimum atomic E-state index is -1.03. The summed E-state index contributed by atoms with van der Waals surface area (Å²) >= 11 is 6.70. The highest BCUT2D eigenvalue weighted by molar-refractivity contribution is 8.27. The minimum Gasteiger partial charge on any atom is -0.482 e. The van der Waals surface area contributed by atoms with Gasteiger partial charge in [-0.3, -0.25) is 9.69 Å². The molecule has 1 saturated heterocycles. The second kappa shape index (κ2) is 9.24. The average molecular weight is 428 g/mol. The van der Waals surface area contributed by atoms with Crippen LogP contribution >= 0.6 is 24.0 Å². The molecule has 1 unspecified atom stereocenters. The summed E-state index contributed by atoms with van der Waals surface area (Å²) in [6.45, 7) is 3.93. The maximum absolute atomic E-state index is 12.9. The largest absolute Gasteiger partial charge is 0.482 e. The minimum absolute atomic E-state index is 0.150. The molecule has 1 aliphatic rings. The number of nitrogens with zero attached hydrogens (tertiary/aromatic N) is 1. The molecule has 1 N–H and O–H groups in total. The topological polar surface area (TPSA) is 66.8 Å². The number of thiocarbonyl (C=S) groups is 1. The number of carboxylic acids is 1. The van der Waals surface area contributed by atoms with E-state index in [4.69, 9.17) is 22.1 Å². The van der Waals surface area contributed by atoms with Crippen molar-refractivity contribution in [2.75, 3.05) is 11.5 Å². The van der Waals surface area contributed by atoms with Crippen molar-refractivity contribution in [2.24, 2.45) is 0 Å². The van der Waals surface area contributed by atoms with Crippen molar-refractivity contribution in [3.8, 4) is 5.75 Å². The van der Waals surface area contributed by atoms with E-state index in [-0.39, 0.29) is 5.91 Å². The van der Waals surface area contributed by atoms with E-state index < -0.39 is 12.6 Å². The number of aliphatic carboxylic acids is 1. The maximum atomic E-state index is 12.9. The molecule has 0 radical (unpaired) electrons. The van der Waals surface area contributed by atoms with Gasteiger partial charge in [0.25, 0.3) is 5.91 Å². The standard InChI is InChI=1S/C22H21NO4S2/c1-3-14(2)16-6-8-17(9-7-16)23-21(26)19(29-22(23)28)12-15-4-10-18(11-5-15)27-13-20(24)25/h4-12,14H,3,13H2,1-2H3,(H,24,25)/b19-12+. The van der Waals surface area contributed by atoms with Crippen LogP contribution in [0.5, 0.6) is 5.75 Å². The van der Waals surface area contributed by atoms with Crippen molar-refractivity contribution in [3.63, 3.8) is 0 Å². The highest BCUT2D eigenvalue weighted by Crippen LogP contribution is 2.36. The van der Waals surface area contributed by atoms with Crippen molar-refractivity contribution in [1.29, 1.82) is 0 Å². The van der Waals surface area contributed by atoms with Crippen LogP contribution in [-0.2, 0) is 9.59 Å². The summed E-state index contributed by atoms with van der Waals surface area (Å²) in [4.78, 5) is 25.6. The molecule has 0 saturated carbocycles. The Hall–Kier alpha value is -2.64. The van der Waals surface area contributed by atoms with Gasteiger partial charge >= 0.3 is 5.97 Å². The number of ether oxygens (including phenoxy) is 1. The fourth-order valence-electron chi connectivity index (χ4n) is 2.83. The Balaban J connectivity index is 1.75. The number of amides is 1. The van der Waals surface area contributed by atoms with Gasteiger partial charge in [0.05, 0.1) is 10.6 Å². The Kier molecular flexibility index (Phi) is 6.71. The van der Waals surface area contributed by atoms with E-state index in [2.05, 4.69) is 13.8 Å². The molecule has 1 aliphatic heterocycles. The molecule has 0 spiro atoms. The monoisotopic (exact) mass is 427 g/mol. The van der Waals surface area contributed by atoms with E-state index in [0.29, 0.717) is 20.9 Å². The summed E-state index contributed by atoms with van der Waals surface area (Å²) in [5.74, 6) is -0.256. The van der Waals surface area contributed by atoms with Crippen molar-refractivity contribution in [2.45, 2.75) is 26.2 Å². The normalized spacial score (nSPS) is 16.3. The smallest absolute Gasteiger partial charge is 0.341 e. The molecule has 2 aromatic carbocycles. The summed E-state index contributed by atoms with van der Waals surface area (Å²) in [6.07, 6.45) is 2.83. The molecule has 0 aromatic heterocycles. The fraction of sp³-hybridized carbons (Fsp3) is 0.227. The van der Waals surface area contributed by atoms with Crippen molar-refractivity contribution in [3.05, 3.63) is 64.6 Å². The number of carbonyl (C=O) groups is 2. The number of hydrogen-bond acceptors (Lipinski definition) is 5. The average Bonchev–Trinajstić information content (AvgIpc) is 3.00. The Bertz CT molecular complexity index is 952. The third-order valence-corrected chi connectivity index (χ3v) is 5.97. The van der Waals surface area contributed by atoms with E-state index in [1.807, 2.05) is 24.3 Å². The van der Waals surface area contributed by atoms with Crippen LogP contribution in [0.1, 0.15) is 37.3 Å². The Labute approximate surface area is 179 Å². The van der Waals surface area contributed by atoms with Gasteiger partial charge in [0, 0.05) is 0 Å². The highest BCUT2D eigenvalue weighted by Gasteiger charge is 2.33. The number of rotatable bonds is 7. The van der Waals surface area contributed by atoms with Crippen LogP contribution in [0.4, 0.5) is 5.69 Å². The van der Waals surface area contributed by atoms with Gasteiger partial charge in [0.15, 0.2) is 10.9 Å². The lowest BCUT2D eigenvalue weighted by Gasteiger charge is -2.16. The number of carbonyl (C=O) groups excluding carboxylic acids is 1. The summed E-state index contributed by atoms with van der Waals surface area (Å²) in [6, 6.07) is 14.8. The number of hydrogen-bond donors (Lipinski definition) is 1. The lowest BCUT2D eigenvalue weighted by Crippen LogP contribution is -2.27. The first-order chi connectivity index (χ1) is 13.9. The van der Waals surface area contributed by atoms with Crippen LogP contribution in [0, 0.1) is 0 Å². The number of benzene rings is 2. The fourth-order valence-corrected chi connectivity index (χ4v) is 4.13. The van der Waals surface area contributed by atoms with Gasteiger partial charge in [-0.05, 0) is 53.8 Å². The molecule has 5 nitrogen and oxygen atoms in total. The van der Waals surface area contributed by atoms with Gasteiger partial charge in [-0.15, -0.1) is 0 Å². The van der Waals surface area contributed by atoms with E-state index in [1.165, 1.54) is 17.3 Å². The van der Waals surface area contributed by atoms with Gasteiger partial charge in [-0.25, -0.2) is 4.79 Å². The van der Waals surface area contributed by atoms with Crippen LogP contribution in [0.3, 0.4) is 0 Å². The number of anilines is 1. The molecular formula is C22H21NO4S2.